The summed E-state index contributed by atoms with van der Waals surface area (Å²) in [5.41, 5.74) is 31.3. The number of aryl methyl sites for hydroxylation is 12. The highest BCUT2D eigenvalue weighted by Crippen LogP contribution is 2.46. The van der Waals surface area contributed by atoms with Gasteiger partial charge >= 0.3 is 0 Å². The van der Waals surface area contributed by atoms with Crippen LogP contribution in [0.15, 0.2) is 121 Å². The van der Waals surface area contributed by atoms with Gasteiger partial charge in [-0.2, -0.15) is 0 Å². The molecule has 6 nitrogen and oxygen atoms in total. The number of hydrogen-bond acceptors (Lipinski definition) is 6. The van der Waals surface area contributed by atoms with Gasteiger partial charge in [-0.25, -0.2) is 9.97 Å². The summed E-state index contributed by atoms with van der Waals surface area (Å²) in [5, 5.41) is 0. The zero-order chi connectivity index (χ0) is 52.3. The van der Waals surface area contributed by atoms with Crippen molar-refractivity contribution in [2.24, 2.45) is 0 Å². The van der Waals surface area contributed by atoms with Crippen molar-refractivity contribution in [3.05, 3.63) is 188 Å². The largest absolute Gasteiger partial charge is 0.456 e. The molecule has 0 atom stereocenters. The summed E-state index contributed by atoms with van der Waals surface area (Å²) >= 11 is 0. The summed E-state index contributed by atoms with van der Waals surface area (Å²) in [6.07, 6.45) is 0. The maximum Gasteiger partial charge on any atom is 0.263 e. The summed E-state index contributed by atoms with van der Waals surface area (Å²) in [5.74, 6) is 5.16. The molecule has 368 valence electrons. The molecule has 0 radical (unpaired) electrons. The number of rotatable bonds is 4. The first kappa shape index (κ1) is 46.2. The van der Waals surface area contributed by atoms with Gasteiger partial charge < -0.3 is 18.9 Å². The number of benzene rings is 8. The molecule has 0 fully saturated rings. The van der Waals surface area contributed by atoms with E-state index < -0.39 is 0 Å². The Morgan fingerprint density at radius 1 is 0.289 bits per heavy atom. The Labute approximate surface area is 445 Å². The highest BCUT2D eigenvalue weighted by atomic mass is 16.5. The van der Waals surface area contributed by atoms with Crippen molar-refractivity contribution in [3.63, 3.8) is 0 Å². The smallest absolute Gasteiger partial charge is 0.263 e. The monoisotopic (exact) mass is 986 g/mol. The lowest BCUT2D eigenvalue weighted by Gasteiger charge is -2.36. The minimum atomic E-state index is -0.295. The molecule has 0 bridgehead atoms. The number of fused-ring (bicyclic) bond motifs is 11. The molecule has 0 amide bonds. The van der Waals surface area contributed by atoms with Crippen LogP contribution in [0.1, 0.15) is 66.8 Å². The van der Waals surface area contributed by atoms with Crippen LogP contribution in [0.2, 0.25) is 0 Å². The van der Waals surface area contributed by atoms with Gasteiger partial charge in [0.05, 0.1) is 0 Å². The number of ether oxygens (including phenoxy) is 4. The van der Waals surface area contributed by atoms with Gasteiger partial charge in [0, 0.05) is 10.9 Å². The Kier molecular flexibility index (Phi) is 10.1. The van der Waals surface area contributed by atoms with Gasteiger partial charge in [-0.3, -0.25) is 0 Å². The minimum Gasteiger partial charge on any atom is -0.456 e. The number of aromatic nitrogens is 2. The Bertz CT molecular complexity index is 3780. The number of hydrogen-bond donors (Lipinski definition) is 0. The highest BCUT2D eigenvalue weighted by Gasteiger charge is 2.47. The molecule has 0 N–H and O–H groups in total. The molecule has 2 aromatic heterocycles. The third-order valence-corrected chi connectivity index (χ3v) is 16.6. The SMILES string of the molecule is Cc1cc(C)c(-c2ccc3c(c2)B2c4cc(-c5c(C)cc(C)cc5C)ccc4Oc4c2c(nc2c5c6c(nc42)Oc2ccc(-c4c(C)cc(C)cc4C)cc2B6c2cc(-c4c(C)cc(C)cc4C)ccc2O5)O3)c(C)c1. The molecule has 8 aromatic carbocycles. The predicted molar refractivity (Wildman–Crippen MR) is 314 cm³/mol. The summed E-state index contributed by atoms with van der Waals surface area (Å²) in [7, 11) is 0. The van der Waals surface area contributed by atoms with Crippen molar-refractivity contribution >= 4 is 57.2 Å². The van der Waals surface area contributed by atoms with E-state index in [1.807, 2.05) is 0 Å². The fourth-order valence-corrected chi connectivity index (χ4v) is 14.1. The van der Waals surface area contributed by atoms with Crippen LogP contribution in [0.4, 0.5) is 0 Å². The van der Waals surface area contributed by atoms with E-state index in [1.54, 1.807) is 0 Å². The van der Waals surface area contributed by atoms with Crippen molar-refractivity contribution in [2.75, 3.05) is 0 Å². The first-order chi connectivity index (χ1) is 36.6. The van der Waals surface area contributed by atoms with Gasteiger partial charge in [-0.1, -0.05) is 119 Å². The zero-order valence-corrected chi connectivity index (χ0v) is 45.2. The van der Waals surface area contributed by atoms with Gasteiger partial charge in [0.2, 0.25) is 11.8 Å². The Morgan fingerprint density at radius 2 is 0.526 bits per heavy atom. The molecule has 4 aliphatic rings. The van der Waals surface area contributed by atoms with E-state index in [4.69, 9.17) is 28.9 Å². The molecule has 0 saturated carbocycles. The number of pyridine rings is 2. The third kappa shape index (κ3) is 6.88. The van der Waals surface area contributed by atoms with Crippen LogP contribution < -0.4 is 51.7 Å². The average Bonchev–Trinajstić information content (AvgIpc) is 3.52. The molecule has 14 rings (SSSR count). The molecule has 0 aliphatic carbocycles. The summed E-state index contributed by atoms with van der Waals surface area (Å²) in [4.78, 5) is 11.1. The van der Waals surface area contributed by atoms with Gasteiger partial charge in [-0.05, 0) is 218 Å². The van der Waals surface area contributed by atoms with E-state index in [-0.39, 0.29) is 13.4 Å². The second-order valence-corrected chi connectivity index (χ2v) is 22.4. The maximum absolute atomic E-state index is 7.26. The van der Waals surface area contributed by atoms with Gasteiger partial charge in [0.1, 0.15) is 34.0 Å². The Balaban J connectivity index is 1.01. The summed E-state index contributed by atoms with van der Waals surface area (Å²) in [6, 6.07) is 44.7. The molecule has 76 heavy (non-hydrogen) atoms. The molecule has 8 heteroatoms. The van der Waals surface area contributed by atoms with Gasteiger partial charge in [-0.15, -0.1) is 0 Å². The molecular formula is C68H56B2N2O4. The van der Waals surface area contributed by atoms with Crippen LogP contribution in [0.5, 0.6) is 46.3 Å². The van der Waals surface area contributed by atoms with Crippen molar-refractivity contribution in [2.45, 2.75) is 83.1 Å². The number of nitrogens with zero attached hydrogens (tertiary/aromatic N) is 2. The van der Waals surface area contributed by atoms with Crippen molar-refractivity contribution in [1.29, 1.82) is 0 Å². The van der Waals surface area contributed by atoms with Crippen molar-refractivity contribution < 1.29 is 18.9 Å². The Hall–Kier alpha value is -8.35. The molecule has 0 unspecified atom stereocenters. The normalized spacial score (nSPS) is 13.1. The fourth-order valence-electron chi connectivity index (χ4n) is 14.1. The quantitative estimate of drug-likeness (QED) is 0.164. The van der Waals surface area contributed by atoms with Crippen LogP contribution >= 0.6 is 0 Å². The molecular weight excluding hydrogens is 930 g/mol. The lowest BCUT2D eigenvalue weighted by molar-refractivity contribution is 0.443. The lowest BCUT2D eigenvalue weighted by Crippen LogP contribution is -2.58. The molecule has 6 heterocycles. The van der Waals surface area contributed by atoms with Crippen LogP contribution in [0, 0.1) is 83.1 Å². The highest BCUT2D eigenvalue weighted by molar-refractivity contribution is 6.99. The second kappa shape index (κ2) is 16.6. The summed E-state index contributed by atoms with van der Waals surface area (Å²) < 4.78 is 28.7. The van der Waals surface area contributed by atoms with Crippen LogP contribution in [-0.4, -0.2) is 23.4 Å². The van der Waals surface area contributed by atoms with Crippen LogP contribution in [0.3, 0.4) is 0 Å². The van der Waals surface area contributed by atoms with Gasteiger partial charge in [0.25, 0.3) is 13.4 Å². The lowest BCUT2D eigenvalue weighted by atomic mass is 9.34. The topological polar surface area (TPSA) is 62.7 Å². The molecule has 0 saturated heterocycles. The first-order valence-electron chi connectivity index (χ1n) is 26.6. The van der Waals surface area contributed by atoms with E-state index in [9.17, 15) is 0 Å². The predicted octanol–water partition coefficient (Wildman–Crippen LogP) is 13.5. The molecule has 4 aliphatic heterocycles. The fraction of sp³-hybridized carbons (Fsp3) is 0.176. The van der Waals surface area contributed by atoms with Crippen molar-refractivity contribution in [3.8, 4) is 90.8 Å². The average molecular weight is 987 g/mol. The summed E-state index contributed by atoms with van der Waals surface area (Å²) in [6.45, 7) is 25.7. The third-order valence-electron chi connectivity index (χ3n) is 16.6. The van der Waals surface area contributed by atoms with E-state index >= 15 is 0 Å². The van der Waals surface area contributed by atoms with Gasteiger partial charge in [0.15, 0.2) is 11.5 Å². The second-order valence-electron chi connectivity index (χ2n) is 22.4. The van der Waals surface area contributed by atoms with E-state index in [2.05, 4.69) is 204 Å². The standard InChI is InChI=1S/C68H56B2N2O4/c1-33-21-37(5)57(38(6)22-33)45-13-17-53-49(29-45)69-51-31-47(59-41(9)25-35(3)26-42(59)10)15-19-55(51)75-67-61(69)65(73-53)63-64(71-67)66-62-68(72-63)76-56-20-16-48(60-43(11)27-36(4)28-44(60)12)32-52(56)70(62)50-30-46(14-18-54(50)74-66)58-39(7)23-34(2)24-40(58)8/h13-32H,1-12H3. The van der Waals surface area contributed by atoms with Crippen LogP contribution in [0.25, 0.3) is 55.5 Å². The van der Waals surface area contributed by atoms with E-state index in [0.717, 1.165) is 78.0 Å². The van der Waals surface area contributed by atoms with E-state index in [0.29, 0.717) is 34.3 Å². The van der Waals surface area contributed by atoms with Crippen LogP contribution in [-0.2, 0) is 0 Å². The molecule has 0 spiro atoms. The van der Waals surface area contributed by atoms with Crippen molar-refractivity contribution in [1.82, 2.24) is 9.97 Å². The minimum absolute atomic E-state index is 0.295. The maximum atomic E-state index is 7.26. The van der Waals surface area contributed by atoms with E-state index in [1.165, 1.54) is 89.0 Å². The Morgan fingerprint density at radius 3 is 0.776 bits per heavy atom. The first-order valence-corrected chi connectivity index (χ1v) is 26.6. The molecule has 10 aromatic rings. The zero-order valence-electron chi connectivity index (χ0n) is 45.2.